The summed E-state index contributed by atoms with van der Waals surface area (Å²) in [5.74, 6) is 0.929. The maximum absolute atomic E-state index is 11.5. The first-order valence-electron chi connectivity index (χ1n) is 8.48. The van der Waals surface area contributed by atoms with Crippen LogP contribution >= 0.6 is 0 Å². The van der Waals surface area contributed by atoms with Crippen molar-refractivity contribution >= 4 is 11.9 Å². The molecule has 6 heteroatoms. The molecule has 0 bridgehead atoms. The molecule has 1 saturated heterocycles. The number of fused-ring (bicyclic) bond motifs is 1. The molecule has 0 atom stereocenters. The first kappa shape index (κ1) is 16.5. The van der Waals surface area contributed by atoms with Gasteiger partial charge in [0.2, 0.25) is 11.9 Å². The van der Waals surface area contributed by atoms with Gasteiger partial charge in [-0.05, 0) is 13.0 Å². The molecule has 0 aromatic carbocycles. The molecule has 0 spiro atoms. The Morgan fingerprint density at radius 3 is 2.58 bits per heavy atom. The van der Waals surface area contributed by atoms with E-state index in [4.69, 9.17) is 4.98 Å². The van der Waals surface area contributed by atoms with Crippen molar-refractivity contribution in [3.63, 3.8) is 0 Å². The highest BCUT2D eigenvalue weighted by atomic mass is 16.2. The molecule has 6 nitrogen and oxygen atoms in total. The fraction of sp³-hybridized carbons (Fsp3) is 0.500. The first-order valence-corrected chi connectivity index (χ1v) is 8.48. The molecule has 3 heterocycles. The smallest absolute Gasteiger partial charge is 0.225 e. The molecule has 1 aromatic rings. The lowest BCUT2D eigenvalue weighted by atomic mass is 10.1. The fourth-order valence-corrected chi connectivity index (χ4v) is 3.26. The normalized spacial score (nSPS) is 18.4. The predicted octanol–water partition coefficient (Wildman–Crippen LogP) is 1.59. The number of carbonyl (C=O) groups is 1. The third-order valence-corrected chi connectivity index (χ3v) is 4.79. The molecule has 3 rings (SSSR count). The molecule has 0 radical (unpaired) electrons. The summed E-state index contributed by atoms with van der Waals surface area (Å²) < 4.78 is 0. The van der Waals surface area contributed by atoms with Gasteiger partial charge in [-0.2, -0.15) is 0 Å². The van der Waals surface area contributed by atoms with Gasteiger partial charge in [0.15, 0.2) is 0 Å². The molecule has 128 valence electrons. The van der Waals surface area contributed by atoms with Gasteiger partial charge in [-0.25, -0.2) is 9.97 Å². The van der Waals surface area contributed by atoms with E-state index in [2.05, 4.69) is 28.3 Å². The van der Waals surface area contributed by atoms with E-state index in [1.807, 2.05) is 23.2 Å². The van der Waals surface area contributed by atoms with Crippen LogP contribution in [0, 0.1) is 0 Å². The van der Waals surface area contributed by atoms with E-state index >= 15 is 0 Å². The molecule has 0 N–H and O–H groups in total. The summed E-state index contributed by atoms with van der Waals surface area (Å²) in [6, 6.07) is 0. The van der Waals surface area contributed by atoms with Crippen molar-refractivity contribution in [1.82, 2.24) is 19.8 Å². The lowest BCUT2D eigenvalue weighted by Gasteiger charge is -2.37. The maximum Gasteiger partial charge on any atom is 0.225 e. The summed E-state index contributed by atoms with van der Waals surface area (Å²) in [6.07, 6.45) is 6.58. The summed E-state index contributed by atoms with van der Waals surface area (Å²) in [4.78, 5) is 27.3. The standard InChI is InChI=1S/C18H25N5O/c1-4-5-14(2)21-8-10-22(11-9-21)18-19-12-16-13-23(15(3)24)7-6-17(16)20-18/h4-5,12H,1,6-11,13H2,2-3H3/b14-5+. The van der Waals surface area contributed by atoms with Gasteiger partial charge in [0.1, 0.15) is 0 Å². The molecule has 1 fully saturated rings. The number of anilines is 1. The van der Waals surface area contributed by atoms with Crippen molar-refractivity contribution in [2.24, 2.45) is 0 Å². The van der Waals surface area contributed by atoms with Gasteiger partial charge < -0.3 is 14.7 Å². The summed E-state index contributed by atoms with van der Waals surface area (Å²) in [7, 11) is 0. The fourth-order valence-electron chi connectivity index (χ4n) is 3.26. The molecule has 2 aliphatic rings. The van der Waals surface area contributed by atoms with Crippen LogP contribution in [-0.4, -0.2) is 58.4 Å². The van der Waals surface area contributed by atoms with E-state index in [0.29, 0.717) is 6.54 Å². The Morgan fingerprint density at radius 1 is 1.17 bits per heavy atom. The van der Waals surface area contributed by atoms with E-state index in [0.717, 1.165) is 56.4 Å². The third-order valence-electron chi connectivity index (χ3n) is 4.79. The topological polar surface area (TPSA) is 52.6 Å². The lowest BCUT2D eigenvalue weighted by Crippen LogP contribution is -2.46. The van der Waals surface area contributed by atoms with Crippen LogP contribution in [0.1, 0.15) is 25.1 Å². The Hall–Kier alpha value is -2.37. The highest BCUT2D eigenvalue weighted by Gasteiger charge is 2.23. The highest BCUT2D eigenvalue weighted by Crippen LogP contribution is 2.20. The van der Waals surface area contributed by atoms with E-state index in [-0.39, 0.29) is 5.91 Å². The Kier molecular flexibility index (Phi) is 4.83. The molecular formula is C18H25N5O. The zero-order chi connectivity index (χ0) is 17.1. The molecule has 0 saturated carbocycles. The maximum atomic E-state index is 11.5. The van der Waals surface area contributed by atoms with Crippen LogP contribution in [0.15, 0.2) is 30.6 Å². The van der Waals surface area contributed by atoms with Gasteiger partial charge >= 0.3 is 0 Å². The minimum absolute atomic E-state index is 0.115. The Balaban J connectivity index is 1.66. The van der Waals surface area contributed by atoms with Crippen LogP contribution < -0.4 is 4.90 Å². The van der Waals surface area contributed by atoms with Crippen molar-refractivity contribution in [3.05, 3.63) is 41.9 Å². The summed E-state index contributed by atoms with van der Waals surface area (Å²) in [6.45, 7) is 12.6. The Labute approximate surface area is 143 Å². The van der Waals surface area contributed by atoms with E-state index in [1.54, 1.807) is 6.92 Å². The number of aromatic nitrogens is 2. The molecule has 0 aliphatic carbocycles. The highest BCUT2D eigenvalue weighted by molar-refractivity contribution is 5.73. The summed E-state index contributed by atoms with van der Waals surface area (Å²) >= 11 is 0. The second-order valence-electron chi connectivity index (χ2n) is 6.35. The second-order valence-corrected chi connectivity index (χ2v) is 6.35. The summed E-state index contributed by atoms with van der Waals surface area (Å²) in [5.41, 5.74) is 3.41. The zero-order valence-electron chi connectivity index (χ0n) is 14.5. The van der Waals surface area contributed by atoms with Crippen LogP contribution in [0.5, 0.6) is 0 Å². The van der Waals surface area contributed by atoms with E-state index in [1.165, 1.54) is 5.70 Å². The molecule has 2 aliphatic heterocycles. The van der Waals surface area contributed by atoms with Crippen LogP contribution in [0.2, 0.25) is 0 Å². The number of nitrogens with zero attached hydrogens (tertiary/aromatic N) is 5. The predicted molar refractivity (Wildman–Crippen MR) is 94.6 cm³/mol. The third kappa shape index (κ3) is 3.42. The molecule has 1 aromatic heterocycles. The largest absolute Gasteiger partial charge is 0.371 e. The number of piperazine rings is 1. The Bertz CT molecular complexity index is 661. The monoisotopic (exact) mass is 327 g/mol. The Morgan fingerprint density at radius 2 is 1.92 bits per heavy atom. The summed E-state index contributed by atoms with van der Waals surface area (Å²) in [5, 5.41) is 0. The number of hydrogen-bond donors (Lipinski definition) is 0. The average molecular weight is 327 g/mol. The van der Waals surface area contributed by atoms with Gasteiger partial charge in [0, 0.05) is 70.1 Å². The van der Waals surface area contributed by atoms with Gasteiger partial charge in [0.05, 0.1) is 5.69 Å². The minimum atomic E-state index is 0.115. The average Bonchev–Trinajstić information content (AvgIpc) is 2.61. The molecule has 1 amide bonds. The van der Waals surface area contributed by atoms with Crippen LogP contribution in [0.25, 0.3) is 0 Å². The van der Waals surface area contributed by atoms with Crippen molar-refractivity contribution in [1.29, 1.82) is 0 Å². The molecular weight excluding hydrogens is 302 g/mol. The van der Waals surface area contributed by atoms with Crippen molar-refractivity contribution in [2.45, 2.75) is 26.8 Å². The van der Waals surface area contributed by atoms with Crippen molar-refractivity contribution < 1.29 is 4.79 Å². The van der Waals surface area contributed by atoms with E-state index < -0.39 is 0 Å². The molecule has 24 heavy (non-hydrogen) atoms. The van der Waals surface area contributed by atoms with Gasteiger partial charge in [-0.1, -0.05) is 12.7 Å². The van der Waals surface area contributed by atoms with E-state index in [9.17, 15) is 4.79 Å². The lowest BCUT2D eigenvalue weighted by molar-refractivity contribution is -0.129. The number of hydrogen-bond acceptors (Lipinski definition) is 5. The van der Waals surface area contributed by atoms with Crippen LogP contribution in [0.4, 0.5) is 5.95 Å². The number of carbonyl (C=O) groups excluding carboxylic acids is 1. The van der Waals surface area contributed by atoms with Gasteiger partial charge in [0.25, 0.3) is 0 Å². The number of allylic oxidation sites excluding steroid dienone is 3. The van der Waals surface area contributed by atoms with Gasteiger partial charge in [-0.3, -0.25) is 4.79 Å². The van der Waals surface area contributed by atoms with Crippen molar-refractivity contribution in [2.75, 3.05) is 37.6 Å². The zero-order valence-corrected chi connectivity index (χ0v) is 14.5. The molecule has 0 unspecified atom stereocenters. The SMILES string of the molecule is C=C/C=C(\C)N1CCN(c2ncc3c(n2)CCN(C(C)=O)C3)CC1. The van der Waals surface area contributed by atoms with Crippen LogP contribution in [-0.2, 0) is 17.8 Å². The second kappa shape index (κ2) is 7.03. The number of amides is 1. The van der Waals surface area contributed by atoms with Crippen LogP contribution in [0.3, 0.4) is 0 Å². The van der Waals surface area contributed by atoms with Gasteiger partial charge in [-0.15, -0.1) is 0 Å². The first-order chi connectivity index (χ1) is 11.6. The van der Waals surface area contributed by atoms with Crippen molar-refractivity contribution in [3.8, 4) is 0 Å². The quantitative estimate of drug-likeness (QED) is 0.789. The number of rotatable bonds is 3. The minimum Gasteiger partial charge on any atom is -0.371 e.